The van der Waals surface area contributed by atoms with Gasteiger partial charge >= 0.3 is 6.01 Å². The highest BCUT2D eigenvalue weighted by molar-refractivity contribution is 4.94. The van der Waals surface area contributed by atoms with E-state index in [0.29, 0.717) is 6.01 Å². The maximum atomic E-state index is 9.31. The topological polar surface area (TPSA) is 55.2 Å². The monoisotopic (exact) mass is 194 g/mol. The number of aliphatic hydroxyl groups is 1. The van der Waals surface area contributed by atoms with Crippen molar-refractivity contribution < 1.29 is 9.84 Å². The summed E-state index contributed by atoms with van der Waals surface area (Å²) in [4.78, 5) is 7.99. The highest BCUT2D eigenvalue weighted by Crippen LogP contribution is 2.21. The second-order valence-corrected chi connectivity index (χ2v) is 3.58. The summed E-state index contributed by atoms with van der Waals surface area (Å²) in [6.07, 6.45) is 6.76. The molecule has 0 aromatic carbocycles. The lowest BCUT2D eigenvalue weighted by Gasteiger charge is -2.24. The molecule has 0 unspecified atom stereocenters. The number of nitrogens with zero attached hydrogens (tertiary/aromatic N) is 2. The van der Waals surface area contributed by atoms with Crippen LogP contribution >= 0.6 is 0 Å². The van der Waals surface area contributed by atoms with Crippen molar-refractivity contribution in [3.05, 3.63) is 18.5 Å². The predicted octanol–water partition coefficient (Wildman–Crippen LogP) is 1.16. The quantitative estimate of drug-likeness (QED) is 0.767. The number of hydrogen-bond donors (Lipinski definition) is 1. The molecule has 1 aliphatic rings. The molecule has 0 spiro atoms. The van der Waals surface area contributed by atoms with Crippen LogP contribution in [0.2, 0.25) is 0 Å². The second kappa shape index (κ2) is 4.37. The first kappa shape index (κ1) is 9.40. The second-order valence-electron chi connectivity index (χ2n) is 3.58. The molecule has 1 aromatic rings. The first-order chi connectivity index (χ1) is 6.84. The van der Waals surface area contributed by atoms with Gasteiger partial charge in [0.1, 0.15) is 6.10 Å². The highest BCUT2D eigenvalue weighted by Gasteiger charge is 2.21. The summed E-state index contributed by atoms with van der Waals surface area (Å²) < 4.78 is 5.57. The van der Waals surface area contributed by atoms with Crippen molar-refractivity contribution in [2.45, 2.75) is 37.9 Å². The van der Waals surface area contributed by atoms with E-state index in [1.165, 1.54) is 0 Å². The fourth-order valence-corrected chi connectivity index (χ4v) is 1.66. The third-order valence-electron chi connectivity index (χ3n) is 2.46. The molecule has 0 aliphatic heterocycles. The van der Waals surface area contributed by atoms with E-state index in [9.17, 15) is 5.11 Å². The van der Waals surface area contributed by atoms with Gasteiger partial charge < -0.3 is 9.84 Å². The van der Waals surface area contributed by atoms with E-state index in [1.54, 1.807) is 18.5 Å². The predicted molar refractivity (Wildman–Crippen MR) is 50.9 cm³/mol. The molecule has 1 heterocycles. The lowest BCUT2D eigenvalue weighted by Crippen LogP contribution is -2.27. The minimum Gasteiger partial charge on any atom is -0.460 e. The molecule has 1 fully saturated rings. The summed E-state index contributed by atoms with van der Waals surface area (Å²) >= 11 is 0. The third-order valence-corrected chi connectivity index (χ3v) is 2.46. The van der Waals surface area contributed by atoms with Crippen molar-refractivity contribution >= 4 is 0 Å². The van der Waals surface area contributed by atoms with Crippen LogP contribution in [0.1, 0.15) is 25.7 Å². The van der Waals surface area contributed by atoms with Gasteiger partial charge in [-0.05, 0) is 31.7 Å². The molecule has 2 rings (SSSR count). The summed E-state index contributed by atoms with van der Waals surface area (Å²) in [5, 5.41) is 9.31. The van der Waals surface area contributed by atoms with Gasteiger partial charge in [0.2, 0.25) is 0 Å². The smallest absolute Gasteiger partial charge is 0.316 e. The number of aliphatic hydroxyl groups excluding tert-OH is 1. The minimum atomic E-state index is -0.147. The molecule has 4 nitrogen and oxygen atoms in total. The molecule has 0 bridgehead atoms. The molecule has 4 heteroatoms. The van der Waals surface area contributed by atoms with E-state index < -0.39 is 0 Å². The van der Waals surface area contributed by atoms with Crippen LogP contribution in [0, 0.1) is 0 Å². The Bertz CT molecular complexity index is 271. The van der Waals surface area contributed by atoms with Crippen LogP contribution in [0.25, 0.3) is 0 Å². The first-order valence-corrected chi connectivity index (χ1v) is 4.96. The van der Waals surface area contributed by atoms with E-state index in [1.807, 2.05) is 0 Å². The van der Waals surface area contributed by atoms with Gasteiger partial charge in [0.15, 0.2) is 0 Å². The van der Waals surface area contributed by atoms with Crippen LogP contribution in [0.4, 0.5) is 0 Å². The number of ether oxygens (including phenoxy) is 1. The van der Waals surface area contributed by atoms with Gasteiger partial charge in [-0.1, -0.05) is 0 Å². The fourth-order valence-electron chi connectivity index (χ4n) is 1.66. The SMILES string of the molecule is OC1CCC(Oc2ncccn2)CC1. The summed E-state index contributed by atoms with van der Waals surface area (Å²) in [6, 6.07) is 2.20. The Labute approximate surface area is 83.0 Å². The summed E-state index contributed by atoms with van der Waals surface area (Å²) in [6.45, 7) is 0. The average molecular weight is 194 g/mol. The third kappa shape index (κ3) is 2.42. The van der Waals surface area contributed by atoms with Gasteiger partial charge in [-0.15, -0.1) is 0 Å². The molecule has 14 heavy (non-hydrogen) atoms. The maximum Gasteiger partial charge on any atom is 0.316 e. The number of hydrogen-bond acceptors (Lipinski definition) is 4. The highest BCUT2D eigenvalue weighted by atomic mass is 16.5. The lowest BCUT2D eigenvalue weighted by molar-refractivity contribution is 0.0618. The molecule has 0 atom stereocenters. The van der Waals surface area contributed by atoms with E-state index in [0.717, 1.165) is 25.7 Å². The molecule has 1 aromatic heterocycles. The molecule has 0 saturated heterocycles. The van der Waals surface area contributed by atoms with E-state index in [4.69, 9.17) is 4.74 Å². The molecule has 1 aliphatic carbocycles. The Morgan fingerprint density at radius 3 is 2.43 bits per heavy atom. The first-order valence-electron chi connectivity index (χ1n) is 4.96. The summed E-state index contributed by atoms with van der Waals surface area (Å²) in [5.41, 5.74) is 0. The van der Waals surface area contributed by atoms with Crippen LogP contribution in [-0.2, 0) is 0 Å². The van der Waals surface area contributed by atoms with Crippen LogP contribution < -0.4 is 4.74 Å². The fraction of sp³-hybridized carbons (Fsp3) is 0.600. The van der Waals surface area contributed by atoms with Crippen LogP contribution in [-0.4, -0.2) is 27.3 Å². The Kier molecular flexibility index (Phi) is 2.93. The van der Waals surface area contributed by atoms with Gasteiger partial charge in [0.05, 0.1) is 6.10 Å². The van der Waals surface area contributed by atoms with Gasteiger partial charge in [-0.25, -0.2) is 9.97 Å². The van der Waals surface area contributed by atoms with E-state index >= 15 is 0 Å². The molecule has 0 amide bonds. The largest absolute Gasteiger partial charge is 0.460 e. The van der Waals surface area contributed by atoms with E-state index in [-0.39, 0.29) is 12.2 Å². The maximum absolute atomic E-state index is 9.31. The zero-order chi connectivity index (χ0) is 9.80. The van der Waals surface area contributed by atoms with Gasteiger partial charge in [-0.3, -0.25) is 0 Å². The molecule has 0 radical (unpaired) electrons. The normalized spacial score (nSPS) is 27.2. The van der Waals surface area contributed by atoms with Crippen molar-refractivity contribution in [1.82, 2.24) is 9.97 Å². The summed E-state index contributed by atoms with van der Waals surface area (Å²) in [7, 11) is 0. The van der Waals surface area contributed by atoms with Crippen LogP contribution in [0.15, 0.2) is 18.5 Å². The molecule has 1 saturated carbocycles. The van der Waals surface area contributed by atoms with Gasteiger partial charge in [0.25, 0.3) is 0 Å². The zero-order valence-electron chi connectivity index (χ0n) is 7.97. The van der Waals surface area contributed by atoms with E-state index in [2.05, 4.69) is 9.97 Å². The Balaban J connectivity index is 1.87. The zero-order valence-corrected chi connectivity index (χ0v) is 7.97. The van der Waals surface area contributed by atoms with Crippen LogP contribution in [0.5, 0.6) is 6.01 Å². The van der Waals surface area contributed by atoms with Crippen LogP contribution in [0.3, 0.4) is 0 Å². The Morgan fingerprint density at radius 2 is 1.79 bits per heavy atom. The summed E-state index contributed by atoms with van der Waals surface area (Å²) in [5.74, 6) is 0. The number of aromatic nitrogens is 2. The lowest BCUT2D eigenvalue weighted by atomic mass is 9.95. The Hall–Kier alpha value is -1.16. The van der Waals surface area contributed by atoms with Gasteiger partial charge in [0, 0.05) is 12.4 Å². The molecular formula is C10H14N2O2. The minimum absolute atomic E-state index is 0.147. The molecule has 1 N–H and O–H groups in total. The standard InChI is InChI=1S/C10H14N2O2/c13-8-2-4-9(5-3-8)14-10-11-6-1-7-12-10/h1,6-9,13H,2-5H2. The molecular weight excluding hydrogens is 180 g/mol. The molecule has 76 valence electrons. The van der Waals surface area contributed by atoms with Gasteiger partial charge in [-0.2, -0.15) is 0 Å². The van der Waals surface area contributed by atoms with Crippen molar-refractivity contribution in [3.8, 4) is 6.01 Å². The van der Waals surface area contributed by atoms with Crippen molar-refractivity contribution in [1.29, 1.82) is 0 Å². The Morgan fingerprint density at radius 1 is 1.14 bits per heavy atom. The van der Waals surface area contributed by atoms with Crippen molar-refractivity contribution in [3.63, 3.8) is 0 Å². The average Bonchev–Trinajstić information content (AvgIpc) is 2.23. The number of rotatable bonds is 2. The van der Waals surface area contributed by atoms with Crippen molar-refractivity contribution in [2.24, 2.45) is 0 Å². The van der Waals surface area contributed by atoms with Crippen molar-refractivity contribution in [2.75, 3.05) is 0 Å².